The third-order valence-corrected chi connectivity index (χ3v) is 7.06. The Morgan fingerprint density at radius 1 is 1.25 bits per heavy atom. The summed E-state index contributed by atoms with van der Waals surface area (Å²) in [4.78, 5) is 42.5. The lowest BCUT2D eigenvalue weighted by molar-refractivity contribution is -0.141. The van der Waals surface area contributed by atoms with E-state index in [-0.39, 0.29) is 41.4 Å². The summed E-state index contributed by atoms with van der Waals surface area (Å²) < 4.78 is 0. The van der Waals surface area contributed by atoms with Crippen LogP contribution in [0.4, 0.5) is 0 Å². The number of hydrogen-bond donors (Lipinski definition) is 2. The standard InChI is InChI=1S/C23H29N5O4/c1-13-7-17(9-24)27(10-13)21(29)19(25)12-26-11-18-8-20(26)22(30)28(18)14(2)15-3-5-16(6-4-15)23(31)32/h3-6,13-14,17-20H,7-8,10-12,25H2,1-2H3,(H,31,32)/t13?,14?,17?,18-,19?,20?/m0/s1. The van der Waals surface area contributed by atoms with E-state index in [4.69, 9.17) is 10.8 Å². The van der Waals surface area contributed by atoms with Crippen LogP contribution in [0.3, 0.4) is 0 Å². The second kappa shape index (κ2) is 8.52. The van der Waals surface area contributed by atoms with Crippen LogP contribution in [0.1, 0.15) is 48.7 Å². The fourth-order valence-corrected chi connectivity index (χ4v) is 5.42. The zero-order valence-electron chi connectivity index (χ0n) is 18.3. The molecule has 3 N–H and O–H groups in total. The van der Waals surface area contributed by atoms with E-state index in [0.29, 0.717) is 32.5 Å². The molecule has 0 saturated carbocycles. The molecule has 4 rings (SSSR count). The van der Waals surface area contributed by atoms with Gasteiger partial charge in [0.2, 0.25) is 11.8 Å². The van der Waals surface area contributed by atoms with Crippen molar-refractivity contribution in [1.82, 2.24) is 14.7 Å². The van der Waals surface area contributed by atoms with E-state index in [2.05, 4.69) is 6.07 Å². The third-order valence-electron chi connectivity index (χ3n) is 7.06. The summed E-state index contributed by atoms with van der Waals surface area (Å²) in [6.45, 7) is 5.45. The zero-order valence-corrected chi connectivity index (χ0v) is 18.3. The molecule has 32 heavy (non-hydrogen) atoms. The van der Waals surface area contributed by atoms with E-state index < -0.39 is 18.1 Å². The normalized spacial score (nSPS) is 29.2. The molecular weight excluding hydrogens is 410 g/mol. The van der Waals surface area contributed by atoms with Crippen LogP contribution >= 0.6 is 0 Å². The molecule has 3 heterocycles. The number of amides is 2. The van der Waals surface area contributed by atoms with Crippen molar-refractivity contribution in [2.75, 3.05) is 19.6 Å². The Morgan fingerprint density at radius 2 is 1.94 bits per heavy atom. The Labute approximate surface area is 187 Å². The second-order valence-electron chi connectivity index (χ2n) is 9.29. The average molecular weight is 440 g/mol. The summed E-state index contributed by atoms with van der Waals surface area (Å²) in [5.41, 5.74) is 7.33. The lowest BCUT2D eigenvalue weighted by atomic mass is 10.0. The number of carbonyl (C=O) groups excluding carboxylic acids is 2. The van der Waals surface area contributed by atoms with Crippen LogP contribution in [0.2, 0.25) is 0 Å². The number of nitrogens with two attached hydrogens (primary N) is 1. The summed E-state index contributed by atoms with van der Waals surface area (Å²) in [5.74, 6) is -0.911. The maximum atomic E-state index is 13.1. The number of fused-ring (bicyclic) bond motifs is 2. The highest BCUT2D eigenvalue weighted by Crippen LogP contribution is 2.38. The van der Waals surface area contributed by atoms with Gasteiger partial charge in [0.1, 0.15) is 6.04 Å². The maximum Gasteiger partial charge on any atom is 0.335 e. The van der Waals surface area contributed by atoms with Crippen molar-refractivity contribution in [1.29, 1.82) is 5.26 Å². The summed E-state index contributed by atoms with van der Waals surface area (Å²) >= 11 is 0. The van der Waals surface area contributed by atoms with Crippen molar-refractivity contribution in [3.05, 3.63) is 35.4 Å². The van der Waals surface area contributed by atoms with Gasteiger partial charge < -0.3 is 20.6 Å². The van der Waals surface area contributed by atoms with Crippen molar-refractivity contribution in [3.8, 4) is 6.07 Å². The van der Waals surface area contributed by atoms with Gasteiger partial charge in [0.25, 0.3) is 0 Å². The molecule has 0 spiro atoms. The largest absolute Gasteiger partial charge is 0.478 e. The number of carboxylic acids is 1. The Hall–Kier alpha value is -2.96. The minimum atomic E-state index is -0.980. The first-order valence-electron chi connectivity index (χ1n) is 11.1. The van der Waals surface area contributed by atoms with Crippen LogP contribution in [0.25, 0.3) is 0 Å². The molecule has 0 aromatic heterocycles. The second-order valence-corrected chi connectivity index (χ2v) is 9.29. The molecule has 9 heteroatoms. The van der Waals surface area contributed by atoms with E-state index in [1.165, 1.54) is 0 Å². The average Bonchev–Trinajstić information content (AvgIpc) is 3.44. The van der Waals surface area contributed by atoms with Crippen molar-refractivity contribution < 1.29 is 19.5 Å². The summed E-state index contributed by atoms with van der Waals surface area (Å²) in [6.07, 6.45) is 1.36. The topological polar surface area (TPSA) is 131 Å². The molecule has 0 radical (unpaired) electrons. The molecule has 6 atom stereocenters. The Kier molecular flexibility index (Phi) is 5.93. The van der Waals surface area contributed by atoms with Gasteiger partial charge >= 0.3 is 5.97 Å². The molecule has 170 valence electrons. The van der Waals surface area contributed by atoms with Crippen LogP contribution in [0.5, 0.6) is 0 Å². The highest BCUT2D eigenvalue weighted by atomic mass is 16.4. The lowest BCUT2D eigenvalue weighted by Gasteiger charge is -2.38. The van der Waals surface area contributed by atoms with Gasteiger partial charge in [-0.25, -0.2) is 4.79 Å². The molecule has 1 aromatic carbocycles. The van der Waals surface area contributed by atoms with Crippen LogP contribution < -0.4 is 5.73 Å². The molecule has 2 bridgehead atoms. The molecule has 3 aliphatic rings. The molecule has 5 unspecified atom stereocenters. The number of rotatable bonds is 6. The van der Waals surface area contributed by atoms with Crippen molar-refractivity contribution in [2.45, 2.75) is 56.9 Å². The molecule has 1 aromatic rings. The van der Waals surface area contributed by atoms with Gasteiger partial charge in [-0.15, -0.1) is 0 Å². The predicted molar refractivity (Wildman–Crippen MR) is 115 cm³/mol. The monoisotopic (exact) mass is 439 g/mol. The van der Waals surface area contributed by atoms with Crippen molar-refractivity contribution in [3.63, 3.8) is 0 Å². The lowest BCUT2D eigenvalue weighted by Crippen LogP contribution is -2.56. The van der Waals surface area contributed by atoms with E-state index >= 15 is 0 Å². The number of likely N-dealkylation sites (tertiary alicyclic amines) is 3. The number of carbonyl (C=O) groups is 3. The number of nitrogens with zero attached hydrogens (tertiary/aromatic N) is 4. The van der Waals surface area contributed by atoms with Gasteiger partial charge in [0.15, 0.2) is 0 Å². The Balaban J connectivity index is 1.39. The van der Waals surface area contributed by atoms with Crippen LogP contribution in [-0.4, -0.2) is 81.4 Å². The fraction of sp³-hybridized carbons (Fsp3) is 0.565. The smallest absolute Gasteiger partial charge is 0.335 e. The minimum Gasteiger partial charge on any atom is -0.478 e. The van der Waals surface area contributed by atoms with Gasteiger partial charge in [-0.2, -0.15) is 5.26 Å². The first kappa shape index (κ1) is 22.2. The SMILES string of the molecule is CC1CC(C#N)N(C(=O)C(N)CN2C[C@@H]3CC2C(=O)N3C(C)c2ccc(C(=O)O)cc2)C1. The van der Waals surface area contributed by atoms with Gasteiger partial charge in [0, 0.05) is 25.7 Å². The number of nitriles is 1. The van der Waals surface area contributed by atoms with Gasteiger partial charge in [-0.05, 0) is 43.4 Å². The zero-order chi connectivity index (χ0) is 23.2. The molecule has 3 saturated heterocycles. The number of benzene rings is 1. The van der Waals surface area contributed by atoms with Crippen LogP contribution in [0, 0.1) is 17.2 Å². The Bertz CT molecular complexity index is 958. The van der Waals surface area contributed by atoms with Gasteiger partial charge in [0.05, 0.1) is 29.8 Å². The third kappa shape index (κ3) is 3.85. The van der Waals surface area contributed by atoms with Gasteiger partial charge in [-0.3, -0.25) is 14.5 Å². The number of hydrogen-bond acceptors (Lipinski definition) is 6. The highest BCUT2D eigenvalue weighted by Gasteiger charge is 2.51. The maximum absolute atomic E-state index is 13.1. The molecule has 2 amide bonds. The summed E-state index contributed by atoms with van der Waals surface area (Å²) in [7, 11) is 0. The van der Waals surface area contributed by atoms with Gasteiger partial charge in [-0.1, -0.05) is 19.1 Å². The first-order chi connectivity index (χ1) is 15.2. The van der Waals surface area contributed by atoms with Crippen molar-refractivity contribution in [2.24, 2.45) is 11.7 Å². The Morgan fingerprint density at radius 3 is 2.53 bits per heavy atom. The highest BCUT2D eigenvalue weighted by molar-refractivity contribution is 5.88. The fourth-order valence-electron chi connectivity index (χ4n) is 5.42. The molecule has 0 aliphatic carbocycles. The number of piperazine rings is 1. The predicted octanol–water partition coefficient (Wildman–Crippen LogP) is 0.819. The van der Waals surface area contributed by atoms with Crippen molar-refractivity contribution >= 4 is 17.8 Å². The molecule has 9 nitrogen and oxygen atoms in total. The van der Waals surface area contributed by atoms with E-state index in [0.717, 1.165) is 5.56 Å². The number of aromatic carboxylic acids is 1. The van der Waals surface area contributed by atoms with E-state index in [1.54, 1.807) is 29.2 Å². The first-order valence-corrected chi connectivity index (χ1v) is 11.1. The number of carboxylic acid groups (broad SMARTS) is 1. The van der Waals surface area contributed by atoms with Crippen LogP contribution in [-0.2, 0) is 9.59 Å². The molecular formula is C23H29N5O4. The van der Waals surface area contributed by atoms with Crippen LogP contribution in [0.15, 0.2) is 24.3 Å². The van der Waals surface area contributed by atoms with E-state index in [1.807, 2.05) is 23.6 Å². The quantitative estimate of drug-likeness (QED) is 0.671. The molecule has 3 fully saturated rings. The minimum absolute atomic E-state index is 0.0143. The molecule has 3 aliphatic heterocycles. The summed E-state index contributed by atoms with van der Waals surface area (Å²) in [5, 5.41) is 18.4. The summed E-state index contributed by atoms with van der Waals surface area (Å²) in [6, 6.07) is 7.17. The van der Waals surface area contributed by atoms with E-state index in [9.17, 15) is 19.6 Å².